The number of rotatable bonds is 6. The van der Waals surface area contributed by atoms with Crippen LogP contribution in [0.2, 0.25) is 0 Å². The fourth-order valence-electron chi connectivity index (χ4n) is 3.43. The molecule has 0 bridgehead atoms. The van der Waals surface area contributed by atoms with Gasteiger partial charge in [-0.15, -0.1) is 0 Å². The molecule has 1 fully saturated rings. The van der Waals surface area contributed by atoms with E-state index >= 15 is 0 Å². The van der Waals surface area contributed by atoms with Gasteiger partial charge in [-0.05, 0) is 48.9 Å². The molecule has 0 amide bonds. The third kappa shape index (κ3) is 4.72. The highest BCUT2D eigenvalue weighted by Gasteiger charge is 2.23. The zero-order valence-electron chi connectivity index (χ0n) is 17.0. The summed E-state index contributed by atoms with van der Waals surface area (Å²) in [6, 6.07) is 8.73. The van der Waals surface area contributed by atoms with Gasteiger partial charge in [0.25, 0.3) is 0 Å². The maximum atomic E-state index is 6.01. The van der Waals surface area contributed by atoms with Crippen molar-refractivity contribution in [3.05, 3.63) is 54.0 Å². The van der Waals surface area contributed by atoms with Crippen LogP contribution in [0.15, 0.2) is 42.9 Å². The van der Waals surface area contributed by atoms with Gasteiger partial charge in [0.1, 0.15) is 5.82 Å². The van der Waals surface area contributed by atoms with E-state index in [-0.39, 0.29) is 1.43 Å². The molecule has 2 aromatic rings. The van der Waals surface area contributed by atoms with Gasteiger partial charge in [-0.2, -0.15) is 4.98 Å². The Hall–Kier alpha value is -2.80. The zero-order valence-corrected chi connectivity index (χ0v) is 17.0. The monoisotopic (exact) mass is 383 g/mol. The number of nitrogens with two attached hydrogens (primary N) is 2. The number of nitrogens with one attached hydrogen (secondary N) is 1. The van der Waals surface area contributed by atoms with Crippen molar-refractivity contribution in [3.63, 3.8) is 0 Å². The predicted molar refractivity (Wildman–Crippen MR) is 117 cm³/mol. The molecule has 2 heterocycles. The van der Waals surface area contributed by atoms with Crippen LogP contribution in [0, 0.1) is 6.92 Å². The lowest BCUT2D eigenvalue weighted by Crippen LogP contribution is -2.46. The van der Waals surface area contributed by atoms with Gasteiger partial charge in [-0.1, -0.05) is 26.0 Å². The van der Waals surface area contributed by atoms with Crippen molar-refractivity contribution in [1.29, 1.82) is 0 Å². The van der Waals surface area contributed by atoms with Crippen molar-refractivity contribution >= 4 is 17.5 Å². The molecule has 1 aromatic carbocycles. The van der Waals surface area contributed by atoms with Gasteiger partial charge in [0.2, 0.25) is 5.95 Å². The van der Waals surface area contributed by atoms with Gasteiger partial charge < -0.3 is 21.0 Å². The van der Waals surface area contributed by atoms with Crippen LogP contribution >= 0.6 is 0 Å². The van der Waals surface area contributed by atoms with Gasteiger partial charge in [-0.25, -0.2) is 10.8 Å². The van der Waals surface area contributed by atoms with Gasteiger partial charge in [-0.3, -0.25) is 0 Å². The molecule has 0 aliphatic carbocycles. The summed E-state index contributed by atoms with van der Waals surface area (Å²) in [5.74, 6) is 8.05. The van der Waals surface area contributed by atoms with E-state index in [9.17, 15) is 0 Å². The first kappa shape index (κ1) is 19.9. The molecular weight excluding hydrogens is 350 g/mol. The van der Waals surface area contributed by atoms with E-state index in [2.05, 4.69) is 54.2 Å². The van der Waals surface area contributed by atoms with Crippen molar-refractivity contribution in [2.24, 2.45) is 11.6 Å². The van der Waals surface area contributed by atoms with Crippen molar-refractivity contribution in [2.75, 3.05) is 23.3 Å². The number of benzene rings is 1. The topological polar surface area (TPSA) is 96.3 Å². The van der Waals surface area contributed by atoms with Gasteiger partial charge in [0, 0.05) is 44.8 Å². The molecule has 0 unspecified atom stereocenters. The Morgan fingerprint density at radius 2 is 2.04 bits per heavy atom. The summed E-state index contributed by atoms with van der Waals surface area (Å²) in [5, 5.41) is 5.16. The predicted octanol–water partition coefficient (Wildman–Crippen LogP) is 3.47. The van der Waals surface area contributed by atoms with Crippen LogP contribution in [0.5, 0.6) is 0 Å². The number of aryl methyl sites for hydroxylation is 1. The summed E-state index contributed by atoms with van der Waals surface area (Å²) in [7, 11) is 0. The summed E-state index contributed by atoms with van der Waals surface area (Å²) in [6.07, 6.45) is 6.88. The second-order valence-corrected chi connectivity index (χ2v) is 7.60. The maximum absolute atomic E-state index is 6.01. The standard InChI is InChI=1S/C21H31N7.H2/c1-15(2)17-5-4-16(3)19(14-17)25-20-6-10-24-21(26-20)27-11-7-18(8-12-27)28(23)13-9-22;/h4-6,9-10,13-15,18H,7-8,11-12,22-23H2,1-3H3,(H,24,25,26);1H/b13-9-;. The third-order valence-electron chi connectivity index (χ3n) is 5.26. The Labute approximate surface area is 168 Å². The number of nitrogens with zero attached hydrogens (tertiary/aromatic N) is 4. The lowest BCUT2D eigenvalue weighted by molar-refractivity contribution is 0.240. The molecule has 1 aliphatic heterocycles. The van der Waals surface area contributed by atoms with Crippen LogP contribution in [0.1, 0.15) is 45.2 Å². The molecule has 28 heavy (non-hydrogen) atoms. The highest BCUT2D eigenvalue weighted by atomic mass is 15.4. The highest BCUT2D eigenvalue weighted by molar-refractivity contribution is 5.62. The summed E-state index contributed by atoms with van der Waals surface area (Å²) < 4.78 is 0. The Bertz CT molecular complexity index is 816. The molecular formula is C21H33N7. The first-order valence-electron chi connectivity index (χ1n) is 9.85. The smallest absolute Gasteiger partial charge is 0.227 e. The van der Waals surface area contributed by atoms with E-state index in [0.29, 0.717) is 12.0 Å². The Morgan fingerprint density at radius 1 is 1.29 bits per heavy atom. The van der Waals surface area contributed by atoms with Crippen LogP contribution < -0.4 is 21.8 Å². The first-order valence-corrected chi connectivity index (χ1v) is 9.85. The molecule has 0 radical (unpaired) electrons. The largest absolute Gasteiger partial charge is 0.403 e. The third-order valence-corrected chi connectivity index (χ3v) is 5.26. The van der Waals surface area contributed by atoms with Crippen molar-refractivity contribution in [2.45, 2.75) is 45.6 Å². The van der Waals surface area contributed by atoms with E-state index in [1.54, 1.807) is 11.2 Å². The SMILES string of the molecule is Cc1ccc(C(C)C)cc1Nc1ccnc(N2CCC(N(N)/C=C\N)CC2)n1.[HH]. The van der Waals surface area contributed by atoms with E-state index in [4.69, 9.17) is 16.6 Å². The van der Waals surface area contributed by atoms with E-state index < -0.39 is 0 Å². The molecule has 1 aliphatic rings. The summed E-state index contributed by atoms with van der Waals surface area (Å²) in [5.41, 5.74) is 9.02. The molecule has 0 atom stereocenters. The van der Waals surface area contributed by atoms with Crippen molar-refractivity contribution in [3.8, 4) is 0 Å². The second-order valence-electron chi connectivity index (χ2n) is 7.60. The highest BCUT2D eigenvalue weighted by Crippen LogP contribution is 2.26. The van der Waals surface area contributed by atoms with E-state index in [1.807, 2.05) is 12.3 Å². The number of aromatic nitrogens is 2. The fraction of sp³-hybridized carbons (Fsp3) is 0.429. The minimum absolute atomic E-state index is 0. The molecule has 1 saturated heterocycles. The molecule has 1 aromatic heterocycles. The zero-order chi connectivity index (χ0) is 20.1. The van der Waals surface area contributed by atoms with Crippen LogP contribution in [0.3, 0.4) is 0 Å². The minimum Gasteiger partial charge on any atom is -0.403 e. The Balaban J connectivity index is 0.00000300. The molecule has 0 saturated carbocycles. The van der Waals surface area contributed by atoms with Gasteiger partial charge >= 0.3 is 0 Å². The minimum atomic E-state index is 0. The van der Waals surface area contributed by atoms with Crippen molar-refractivity contribution in [1.82, 2.24) is 15.0 Å². The Kier molecular flexibility index (Phi) is 6.36. The van der Waals surface area contributed by atoms with Crippen LogP contribution in [-0.4, -0.2) is 34.1 Å². The first-order chi connectivity index (χ1) is 13.5. The van der Waals surface area contributed by atoms with Crippen LogP contribution in [0.25, 0.3) is 0 Å². The normalized spacial score (nSPS) is 15.4. The lowest BCUT2D eigenvalue weighted by atomic mass is 10.0. The second kappa shape index (κ2) is 8.93. The lowest BCUT2D eigenvalue weighted by Gasteiger charge is -2.35. The van der Waals surface area contributed by atoms with Gasteiger partial charge in [0.05, 0.1) is 0 Å². The molecule has 7 nitrogen and oxygen atoms in total. The Morgan fingerprint density at radius 3 is 2.71 bits per heavy atom. The van der Waals surface area contributed by atoms with Crippen LogP contribution in [-0.2, 0) is 0 Å². The number of hydrogen-bond donors (Lipinski definition) is 3. The maximum Gasteiger partial charge on any atom is 0.227 e. The number of hydrazine groups is 1. The van der Waals surface area contributed by atoms with E-state index in [0.717, 1.165) is 43.4 Å². The number of hydrogen-bond acceptors (Lipinski definition) is 7. The summed E-state index contributed by atoms with van der Waals surface area (Å²) in [4.78, 5) is 11.4. The summed E-state index contributed by atoms with van der Waals surface area (Å²) >= 11 is 0. The van der Waals surface area contributed by atoms with Gasteiger partial charge in [0.15, 0.2) is 0 Å². The molecule has 5 N–H and O–H groups in total. The molecule has 7 heteroatoms. The molecule has 0 spiro atoms. The molecule has 152 valence electrons. The van der Waals surface area contributed by atoms with Crippen LogP contribution in [0.4, 0.5) is 17.5 Å². The van der Waals surface area contributed by atoms with Crippen molar-refractivity contribution < 1.29 is 1.43 Å². The average molecular weight is 384 g/mol. The number of piperidine rings is 1. The quantitative estimate of drug-likeness (QED) is 0.519. The fourth-order valence-corrected chi connectivity index (χ4v) is 3.43. The average Bonchev–Trinajstić information content (AvgIpc) is 2.70. The summed E-state index contributed by atoms with van der Waals surface area (Å²) in [6.45, 7) is 8.23. The molecule has 3 rings (SSSR count). The number of anilines is 3. The van der Waals surface area contributed by atoms with E-state index in [1.165, 1.54) is 17.3 Å².